The van der Waals surface area contributed by atoms with Crippen LogP contribution in [0.5, 0.6) is 0 Å². The molecular weight excluding hydrogens is 265 g/mol. The second-order valence-electron chi connectivity index (χ2n) is 5.12. The number of unbranched alkanes of at least 4 members (excludes halogenated alkanes) is 3. The molecule has 0 aliphatic carbocycles. The van der Waals surface area contributed by atoms with Crippen LogP contribution in [-0.2, 0) is 0 Å². The molecule has 0 aromatic rings. The van der Waals surface area contributed by atoms with E-state index in [0.717, 1.165) is 6.54 Å². The summed E-state index contributed by atoms with van der Waals surface area (Å²) in [5.74, 6) is 0. The zero-order valence-corrected chi connectivity index (χ0v) is 13.9. The van der Waals surface area contributed by atoms with Gasteiger partial charge in [-0.3, -0.25) is 0 Å². The number of halogens is 2. The number of rotatable bonds is 11. The minimum Gasteiger partial charge on any atom is -1.00 e. The van der Waals surface area contributed by atoms with E-state index >= 15 is 0 Å². The van der Waals surface area contributed by atoms with Gasteiger partial charge in [-0.05, 0) is 25.3 Å². The zero-order chi connectivity index (χ0) is 13.0. The molecule has 1 nitrogen and oxygen atoms in total. The number of hydrogen-bond acceptors (Lipinski definition) is 0. The van der Waals surface area contributed by atoms with Gasteiger partial charge in [0.1, 0.15) is 0 Å². The molecule has 0 aromatic heterocycles. The zero-order valence-electron chi connectivity index (χ0n) is 12.4. The summed E-state index contributed by atoms with van der Waals surface area (Å²) in [6.07, 6.45) is 10.0. The largest absolute Gasteiger partial charge is 1.00 e. The van der Waals surface area contributed by atoms with Crippen LogP contribution in [0.3, 0.4) is 0 Å². The van der Waals surface area contributed by atoms with Crippen LogP contribution < -0.4 is 12.4 Å². The molecule has 18 heavy (non-hydrogen) atoms. The van der Waals surface area contributed by atoms with Crippen LogP contribution in [0.1, 0.15) is 59.3 Å². The number of nitrogens with zero attached hydrogens (tertiary/aromatic N) is 1. The Morgan fingerprint density at radius 1 is 0.833 bits per heavy atom. The van der Waals surface area contributed by atoms with E-state index in [4.69, 9.17) is 11.6 Å². The highest BCUT2D eigenvalue weighted by atomic mass is 35.5. The lowest BCUT2D eigenvalue weighted by Gasteiger charge is -2.38. The molecule has 0 unspecified atom stereocenters. The highest BCUT2D eigenvalue weighted by Gasteiger charge is 2.23. The summed E-state index contributed by atoms with van der Waals surface area (Å²) >= 11 is 5.72. The maximum Gasteiger partial charge on any atom is 0.0985 e. The lowest BCUT2D eigenvalue weighted by molar-refractivity contribution is -0.923. The molecule has 0 aromatic carbocycles. The molecular formula is C15H31Cl2N. The van der Waals surface area contributed by atoms with E-state index < -0.39 is 0 Å². The molecule has 110 valence electrons. The van der Waals surface area contributed by atoms with Gasteiger partial charge in [0.2, 0.25) is 0 Å². The monoisotopic (exact) mass is 295 g/mol. The quantitative estimate of drug-likeness (QED) is 0.511. The molecule has 0 fully saturated rings. The SMILES string of the molecule is CCCC[N+](C/C=C/Cl)(CCCC)CCCC.[Cl-]. The van der Waals surface area contributed by atoms with Gasteiger partial charge in [0.05, 0.1) is 26.2 Å². The Kier molecular flexibility index (Phi) is 15.7. The van der Waals surface area contributed by atoms with Gasteiger partial charge in [-0.25, -0.2) is 0 Å². The lowest BCUT2D eigenvalue weighted by Crippen LogP contribution is -3.00. The van der Waals surface area contributed by atoms with Gasteiger partial charge in [-0.2, -0.15) is 0 Å². The smallest absolute Gasteiger partial charge is 0.0985 e. The average molecular weight is 296 g/mol. The summed E-state index contributed by atoms with van der Waals surface area (Å²) in [7, 11) is 0. The third-order valence-corrected chi connectivity index (χ3v) is 3.72. The van der Waals surface area contributed by atoms with E-state index in [-0.39, 0.29) is 12.4 Å². The fraction of sp³-hybridized carbons (Fsp3) is 0.867. The molecule has 0 aliphatic heterocycles. The standard InChI is InChI=1S/C15H31ClN.ClH/c1-4-7-12-17(13-8-5-2,14-9-6-3)15-10-11-16;/h10-11H,4-9,12-15H2,1-3H3;1H/q+1;/p-1/b11-10+;. The maximum absolute atomic E-state index is 5.72. The third-order valence-electron chi connectivity index (χ3n) is 3.54. The number of hydrogen-bond donors (Lipinski definition) is 0. The van der Waals surface area contributed by atoms with Crippen molar-refractivity contribution in [2.75, 3.05) is 26.2 Å². The molecule has 0 heterocycles. The molecule has 0 N–H and O–H groups in total. The van der Waals surface area contributed by atoms with Gasteiger partial charge < -0.3 is 16.9 Å². The molecule has 3 heteroatoms. The predicted octanol–water partition coefficient (Wildman–Crippen LogP) is 1.96. The normalized spacial score (nSPS) is 11.8. The van der Waals surface area contributed by atoms with E-state index in [1.54, 1.807) is 5.54 Å². The summed E-state index contributed by atoms with van der Waals surface area (Å²) in [6, 6.07) is 0. The van der Waals surface area contributed by atoms with Crippen molar-refractivity contribution >= 4 is 11.6 Å². The van der Waals surface area contributed by atoms with E-state index in [9.17, 15) is 0 Å². The van der Waals surface area contributed by atoms with Crippen LogP contribution >= 0.6 is 11.6 Å². The molecule has 0 saturated carbocycles. The van der Waals surface area contributed by atoms with Gasteiger partial charge in [0.15, 0.2) is 0 Å². The Bertz CT molecular complexity index is 171. The molecule has 0 radical (unpaired) electrons. The summed E-state index contributed by atoms with van der Waals surface area (Å²) in [5, 5.41) is 0. The third kappa shape index (κ3) is 9.24. The van der Waals surface area contributed by atoms with Crippen molar-refractivity contribution in [3.8, 4) is 0 Å². The van der Waals surface area contributed by atoms with Gasteiger partial charge in [-0.1, -0.05) is 51.6 Å². The van der Waals surface area contributed by atoms with Crippen molar-refractivity contribution in [3.63, 3.8) is 0 Å². The second kappa shape index (κ2) is 13.7. The summed E-state index contributed by atoms with van der Waals surface area (Å²) in [6.45, 7) is 11.9. The van der Waals surface area contributed by atoms with Crippen molar-refractivity contribution in [1.82, 2.24) is 0 Å². The average Bonchev–Trinajstić information content (AvgIpc) is 2.37. The maximum atomic E-state index is 5.72. The van der Waals surface area contributed by atoms with Crippen LogP contribution in [0.25, 0.3) is 0 Å². The first-order valence-electron chi connectivity index (χ1n) is 7.35. The van der Waals surface area contributed by atoms with Crippen molar-refractivity contribution in [2.24, 2.45) is 0 Å². The molecule has 0 amide bonds. The molecule has 0 atom stereocenters. The van der Waals surface area contributed by atoms with E-state index in [0.29, 0.717) is 0 Å². The van der Waals surface area contributed by atoms with Crippen LogP contribution in [0.4, 0.5) is 0 Å². The minimum atomic E-state index is 0. The van der Waals surface area contributed by atoms with E-state index in [1.165, 1.54) is 62.6 Å². The Morgan fingerprint density at radius 2 is 1.22 bits per heavy atom. The highest BCUT2D eigenvalue weighted by molar-refractivity contribution is 6.25. The number of quaternary nitrogens is 1. The van der Waals surface area contributed by atoms with Crippen molar-refractivity contribution in [2.45, 2.75) is 59.3 Å². The van der Waals surface area contributed by atoms with Crippen molar-refractivity contribution in [3.05, 3.63) is 11.6 Å². The predicted molar refractivity (Wildman–Crippen MR) is 79.4 cm³/mol. The molecule has 0 spiro atoms. The van der Waals surface area contributed by atoms with Gasteiger partial charge in [-0.15, -0.1) is 0 Å². The molecule has 0 rings (SSSR count). The molecule has 0 aliphatic rings. The molecule has 0 bridgehead atoms. The van der Waals surface area contributed by atoms with Crippen LogP contribution in [-0.4, -0.2) is 30.7 Å². The topological polar surface area (TPSA) is 0 Å². The fourth-order valence-electron chi connectivity index (χ4n) is 2.35. The summed E-state index contributed by atoms with van der Waals surface area (Å²) < 4.78 is 1.25. The first-order chi connectivity index (χ1) is 8.24. The van der Waals surface area contributed by atoms with E-state index in [1.807, 2.05) is 0 Å². The van der Waals surface area contributed by atoms with Crippen LogP contribution in [0.15, 0.2) is 11.6 Å². The Labute approximate surface area is 126 Å². The van der Waals surface area contributed by atoms with E-state index in [2.05, 4.69) is 26.8 Å². The van der Waals surface area contributed by atoms with Gasteiger partial charge >= 0.3 is 0 Å². The fourth-order valence-corrected chi connectivity index (χ4v) is 2.43. The van der Waals surface area contributed by atoms with Crippen molar-refractivity contribution in [1.29, 1.82) is 0 Å². The Balaban J connectivity index is 0. The lowest BCUT2D eigenvalue weighted by atomic mass is 10.1. The second-order valence-corrected chi connectivity index (χ2v) is 5.37. The van der Waals surface area contributed by atoms with Crippen LogP contribution in [0, 0.1) is 0 Å². The first-order valence-corrected chi connectivity index (χ1v) is 7.78. The first kappa shape index (κ1) is 20.6. The van der Waals surface area contributed by atoms with Gasteiger partial charge in [0, 0.05) is 5.54 Å². The minimum absolute atomic E-state index is 0. The summed E-state index contributed by atoms with van der Waals surface area (Å²) in [4.78, 5) is 0. The highest BCUT2D eigenvalue weighted by Crippen LogP contribution is 2.15. The van der Waals surface area contributed by atoms with Gasteiger partial charge in [0.25, 0.3) is 0 Å². The van der Waals surface area contributed by atoms with Crippen molar-refractivity contribution < 1.29 is 16.9 Å². The van der Waals surface area contributed by atoms with Crippen LogP contribution in [0.2, 0.25) is 0 Å². The Hall–Kier alpha value is 0.280. The molecule has 0 saturated heterocycles. The summed E-state index contributed by atoms with van der Waals surface area (Å²) in [5.41, 5.74) is 1.69. The Morgan fingerprint density at radius 3 is 1.50 bits per heavy atom.